The molecule has 0 aliphatic heterocycles. The third-order valence-electron chi connectivity index (χ3n) is 3.38. The fraction of sp³-hybridized carbons (Fsp3) is 0.500. The lowest BCUT2D eigenvalue weighted by atomic mass is 9.74. The monoisotopic (exact) mass is 187 g/mol. The minimum Gasteiger partial charge on any atom is -0.0651 e. The summed E-state index contributed by atoms with van der Waals surface area (Å²) in [6.07, 6.45) is 6.85. The molecule has 2 rings (SSSR count). The molecule has 0 saturated heterocycles. The molecule has 0 spiro atoms. The van der Waals surface area contributed by atoms with E-state index in [2.05, 4.69) is 37.3 Å². The van der Waals surface area contributed by atoms with Crippen molar-refractivity contribution in [3.8, 4) is 0 Å². The molecule has 1 aliphatic carbocycles. The van der Waals surface area contributed by atoms with Gasteiger partial charge in [0.05, 0.1) is 0 Å². The highest BCUT2D eigenvalue weighted by molar-refractivity contribution is 5.32. The zero-order chi connectivity index (χ0) is 9.80. The Balaban J connectivity index is 2.15. The molecule has 0 aromatic heterocycles. The maximum atomic E-state index is 2.32. The minimum atomic E-state index is 0.853. The van der Waals surface area contributed by atoms with E-state index in [1.54, 1.807) is 5.92 Å². The van der Waals surface area contributed by atoms with Gasteiger partial charge in [-0.05, 0) is 24.3 Å². The van der Waals surface area contributed by atoms with Gasteiger partial charge in [0.2, 0.25) is 0 Å². The van der Waals surface area contributed by atoms with E-state index in [1.165, 1.54) is 37.7 Å². The van der Waals surface area contributed by atoms with Crippen molar-refractivity contribution in [1.82, 2.24) is 0 Å². The van der Waals surface area contributed by atoms with E-state index in [0.717, 1.165) is 5.92 Å². The van der Waals surface area contributed by atoms with Gasteiger partial charge in [-0.1, -0.05) is 56.5 Å². The van der Waals surface area contributed by atoms with Crippen LogP contribution in [-0.2, 0) is 0 Å². The topological polar surface area (TPSA) is 0 Å². The summed E-state index contributed by atoms with van der Waals surface area (Å²) in [6, 6.07) is 11.0. The van der Waals surface area contributed by atoms with Crippen LogP contribution in [0.5, 0.6) is 0 Å². The second kappa shape index (κ2) is 4.63. The predicted molar refractivity (Wildman–Crippen MR) is 61.0 cm³/mol. The van der Waals surface area contributed by atoms with Crippen LogP contribution in [0.1, 0.15) is 44.6 Å². The second-order valence-electron chi connectivity index (χ2n) is 4.24. The smallest absolute Gasteiger partial charge is 0.00805 e. The Labute approximate surface area is 87.3 Å². The van der Waals surface area contributed by atoms with Crippen molar-refractivity contribution in [1.29, 1.82) is 0 Å². The standard InChI is InChI=1S/C14H19/c1-2-12-8-6-7-11-14(12)13-9-4-3-5-10-13/h3-5,9-10,12H,2,6-8,11H2,1H3. The number of rotatable bonds is 2. The molecule has 0 heteroatoms. The normalized spacial score (nSPS) is 23.6. The molecule has 1 aromatic rings. The molecule has 1 aliphatic rings. The summed E-state index contributed by atoms with van der Waals surface area (Å²) in [5, 5.41) is 0. The van der Waals surface area contributed by atoms with Crippen LogP contribution in [0.15, 0.2) is 30.3 Å². The van der Waals surface area contributed by atoms with Crippen molar-refractivity contribution < 1.29 is 0 Å². The van der Waals surface area contributed by atoms with E-state index in [-0.39, 0.29) is 0 Å². The summed E-state index contributed by atoms with van der Waals surface area (Å²) in [6.45, 7) is 2.32. The number of hydrogen-bond acceptors (Lipinski definition) is 0. The van der Waals surface area contributed by atoms with Gasteiger partial charge < -0.3 is 0 Å². The molecule has 1 saturated carbocycles. The van der Waals surface area contributed by atoms with Crippen molar-refractivity contribution in [2.24, 2.45) is 5.92 Å². The highest BCUT2D eigenvalue weighted by atomic mass is 14.3. The van der Waals surface area contributed by atoms with Gasteiger partial charge in [-0.3, -0.25) is 0 Å². The fourth-order valence-electron chi connectivity index (χ4n) is 2.57. The van der Waals surface area contributed by atoms with Gasteiger partial charge in [-0.15, -0.1) is 0 Å². The SMILES string of the molecule is CCC1CCCC[C]1c1ccccc1. The van der Waals surface area contributed by atoms with Crippen LogP contribution in [0.25, 0.3) is 0 Å². The van der Waals surface area contributed by atoms with Gasteiger partial charge in [0, 0.05) is 5.92 Å². The van der Waals surface area contributed by atoms with Crippen molar-refractivity contribution in [2.75, 3.05) is 0 Å². The van der Waals surface area contributed by atoms with Gasteiger partial charge >= 0.3 is 0 Å². The molecule has 14 heavy (non-hydrogen) atoms. The first-order valence-electron chi connectivity index (χ1n) is 5.83. The molecular weight excluding hydrogens is 168 g/mol. The molecule has 1 radical (unpaired) electrons. The molecule has 75 valence electrons. The summed E-state index contributed by atoms with van der Waals surface area (Å²) in [4.78, 5) is 0. The van der Waals surface area contributed by atoms with Gasteiger partial charge in [0.25, 0.3) is 0 Å². The van der Waals surface area contributed by atoms with Gasteiger partial charge in [-0.2, -0.15) is 0 Å². The van der Waals surface area contributed by atoms with E-state index in [1.807, 2.05) is 0 Å². The van der Waals surface area contributed by atoms with Crippen molar-refractivity contribution >= 4 is 0 Å². The average molecular weight is 187 g/mol. The first kappa shape index (κ1) is 9.76. The molecule has 0 N–H and O–H groups in total. The molecule has 1 atom stereocenters. The van der Waals surface area contributed by atoms with Crippen LogP contribution in [0.2, 0.25) is 0 Å². The Morgan fingerprint density at radius 1 is 1.14 bits per heavy atom. The highest BCUT2D eigenvalue weighted by Gasteiger charge is 2.25. The number of hydrogen-bond donors (Lipinski definition) is 0. The Morgan fingerprint density at radius 3 is 2.64 bits per heavy atom. The van der Waals surface area contributed by atoms with E-state index >= 15 is 0 Å². The van der Waals surface area contributed by atoms with Crippen LogP contribution in [0.4, 0.5) is 0 Å². The first-order chi connectivity index (χ1) is 6.92. The van der Waals surface area contributed by atoms with Gasteiger partial charge in [0.15, 0.2) is 0 Å². The first-order valence-corrected chi connectivity index (χ1v) is 5.83. The van der Waals surface area contributed by atoms with Crippen LogP contribution in [0.3, 0.4) is 0 Å². The fourth-order valence-corrected chi connectivity index (χ4v) is 2.57. The van der Waals surface area contributed by atoms with Crippen LogP contribution < -0.4 is 0 Å². The molecule has 1 fully saturated rings. The Morgan fingerprint density at radius 2 is 1.93 bits per heavy atom. The van der Waals surface area contributed by atoms with Crippen molar-refractivity contribution in [2.45, 2.75) is 39.0 Å². The summed E-state index contributed by atoms with van der Waals surface area (Å²) in [7, 11) is 0. The van der Waals surface area contributed by atoms with E-state index in [4.69, 9.17) is 0 Å². The average Bonchev–Trinajstić information content (AvgIpc) is 2.30. The molecular formula is C14H19. The summed E-state index contributed by atoms with van der Waals surface area (Å²) in [5.74, 6) is 2.56. The third-order valence-corrected chi connectivity index (χ3v) is 3.38. The molecule has 1 aromatic carbocycles. The maximum Gasteiger partial charge on any atom is 0.00805 e. The van der Waals surface area contributed by atoms with Gasteiger partial charge in [0.1, 0.15) is 0 Å². The Bertz CT molecular complexity index is 263. The molecule has 0 heterocycles. The largest absolute Gasteiger partial charge is 0.0651 e. The summed E-state index contributed by atoms with van der Waals surface area (Å²) < 4.78 is 0. The lowest BCUT2D eigenvalue weighted by molar-refractivity contribution is 0.397. The summed E-state index contributed by atoms with van der Waals surface area (Å²) in [5.41, 5.74) is 1.49. The van der Waals surface area contributed by atoms with E-state index in [9.17, 15) is 0 Å². The van der Waals surface area contributed by atoms with Crippen LogP contribution in [-0.4, -0.2) is 0 Å². The van der Waals surface area contributed by atoms with Gasteiger partial charge in [-0.25, -0.2) is 0 Å². The second-order valence-corrected chi connectivity index (χ2v) is 4.24. The lowest BCUT2D eigenvalue weighted by Crippen LogP contribution is -2.17. The van der Waals surface area contributed by atoms with Crippen molar-refractivity contribution in [3.63, 3.8) is 0 Å². The molecule has 0 amide bonds. The van der Waals surface area contributed by atoms with Crippen LogP contribution in [0, 0.1) is 11.8 Å². The zero-order valence-corrected chi connectivity index (χ0v) is 9.00. The maximum absolute atomic E-state index is 2.32. The molecule has 0 bridgehead atoms. The highest BCUT2D eigenvalue weighted by Crippen LogP contribution is 2.38. The lowest BCUT2D eigenvalue weighted by Gasteiger charge is -2.30. The predicted octanol–water partition coefficient (Wildman–Crippen LogP) is 4.21. The minimum absolute atomic E-state index is 0.853. The Kier molecular flexibility index (Phi) is 3.23. The third kappa shape index (κ3) is 2.00. The quantitative estimate of drug-likeness (QED) is 0.650. The zero-order valence-electron chi connectivity index (χ0n) is 9.00. The number of benzene rings is 1. The van der Waals surface area contributed by atoms with Crippen molar-refractivity contribution in [3.05, 3.63) is 41.8 Å². The molecule has 0 nitrogen and oxygen atoms in total. The van der Waals surface area contributed by atoms with Crippen LogP contribution >= 0.6 is 0 Å². The van der Waals surface area contributed by atoms with E-state index in [0.29, 0.717) is 0 Å². The van der Waals surface area contributed by atoms with E-state index < -0.39 is 0 Å². The molecule has 1 unspecified atom stereocenters. The summed E-state index contributed by atoms with van der Waals surface area (Å²) >= 11 is 0. The Hall–Kier alpha value is -0.780.